The van der Waals surface area contributed by atoms with Crippen LogP contribution in [0, 0.1) is 11.6 Å². The normalized spacial score (nSPS) is 20.3. The number of ether oxygens (including phenoxy) is 1. The zero-order chi connectivity index (χ0) is 13.1. The Morgan fingerprint density at radius 3 is 2.94 bits per heavy atom. The molecular formula is C13H15F2NO2. The van der Waals surface area contributed by atoms with Gasteiger partial charge in [-0.3, -0.25) is 9.69 Å². The molecule has 0 amide bonds. The van der Waals surface area contributed by atoms with E-state index >= 15 is 0 Å². The van der Waals surface area contributed by atoms with Crippen molar-refractivity contribution in [3.63, 3.8) is 0 Å². The Hall–Kier alpha value is -1.33. The smallest absolute Gasteiger partial charge is 0.179 e. The van der Waals surface area contributed by atoms with Gasteiger partial charge < -0.3 is 4.74 Å². The average molecular weight is 255 g/mol. The van der Waals surface area contributed by atoms with Gasteiger partial charge in [0, 0.05) is 20.2 Å². The number of benzene rings is 1. The highest BCUT2D eigenvalue weighted by molar-refractivity contribution is 5.97. The van der Waals surface area contributed by atoms with Crippen LogP contribution in [-0.4, -0.2) is 43.5 Å². The second kappa shape index (κ2) is 5.54. The van der Waals surface area contributed by atoms with E-state index in [0.717, 1.165) is 31.2 Å². The van der Waals surface area contributed by atoms with E-state index in [2.05, 4.69) is 0 Å². The summed E-state index contributed by atoms with van der Waals surface area (Å²) in [6.45, 7) is 1.49. The highest BCUT2D eigenvalue weighted by Gasteiger charge is 2.25. The molecule has 0 bridgehead atoms. The minimum Gasteiger partial charge on any atom is -0.380 e. The molecule has 3 nitrogen and oxygen atoms in total. The Kier molecular flexibility index (Phi) is 4.04. The van der Waals surface area contributed by atoms with Gasteiger partial charge in [0.2, 0.25) is 0 Å². The summed E-state index contributed by atoms with van der Waals surface area (Å²) in [5.41, 5.74) is -0.184. The standard InChI is InChI=1S/C13H15F2NO2/c1-18-10-4-5-16(7-10)8-13(17)11-6-9(14)2-3-12(11)15/h2-3,6,10H,4-5,7-8H2,1H3. The largest absolute Gasteiger partial charge is 0.380 e. The predicted octanol–water partition coefficient (Wildman–Crippen LogP) is 1.87. The van der Waals surface area contributed by atoms with Crippen molar-refractivity contribution in [3.8, 4) is 0 Å². The molecule has 2 rings (SSSR count). The average Bonchev–Trinajstić information content (AvgIpc) is 2.80. The Morgan fingerprint density at radius 1 is 1.50 bits per heavy atom. The second-order valence-corrected chi connectivity index (χ2v) is 4.43. The van der Waals surface area contributed by atoms with Crippen molar-refractivity contribution in [1.29, 1.82) is 0 Å². The van der Waals surface area contributed by atoms with E-state index in [0.29, 0.717) is 6.54 Å². The molecule has 0 aromatic heterocycles. The number of nitrogens with zero attached hydrogens (tertiary/aromatic N) is 1. The van der Waals surface area contributed by atoms with E-state index in [1.807, 2.05) is 4.90 Å². The highest BCUT2D eigenvalue weighted by Crippen LogP contribution is 2.15. The second-order valence-electron chi connectivity index (χ2n) is 4.43. The molecule has 1 aliphatic rings. The molecule has 18 heavy (non-hydrogen) atoms. The van der Waals surface area contributed by atoms with Crippen LogP contribution in [-0.2, 0) is 4.74 Å². The number of carbonyl (C=O) groups is 1. The predicted molar refractivity (Wildman–Crippen MR) is 62.5 cm³/mol. The molecule has 1 atom stereocenters. The number of ketones is 1. The van der Waals surface area contributed by atoms with Crippen molar-refractivity contribution in [2.75, 3.05) is 26.7 Å². The van der Waals surface area contributed by atoms with Crippen LogP contribution in [0.5, 0.6) is 0 Å². The summed E-state index contributed by atoms with van der Waals surface area (Å²) in [6, 6.07) is 2.93. The molecular weight excluding hydrogens is 240 g/mol. The maximum absolute atomic E-state index is 13.4. The molecule has 1 aromatic carbocycles. The first kappa shape index (κ1) is 13.1. The number of hydrogen-bond donors (Lipinski definition) is 0. The summed E-state index contributed by atoms with van der Waals surface area (Å²) in [5, 5.41) is 0. The van der Waals surface area contributed by atoms with Crippen molar-refractivity contribution in [1.82, 2.24) is 4.90 Å². The molecule has 98 valence electrons. The maximum Gasteiger partial charge on any atom is 0.179 e. The fourth-order valence-electron chi connectivity index (χ4n) is 2.13. The van der Waals surface area contributed by atoms with Gasteiger partial charge in [0.25, 0.3) is 0 Å². The summed E-state index contributed by atoms with van der Waals surface area (Å²) in [6.07, 6.45) is 0.977. The summed E-state index contributed by atoms with van der Waals surface area (Å²) in [5.74, 6) is -1.68. The summed E-state index contributed by atoms with van der Waals surface area (Å²) >= 11 is 0. The number of hydrogen-bond acceptors (Lipinski definition) is 3. The van der Waals surface area contributed by atoms with Crippen LogP contribution < -0.4 is 0 Å². The van der Waals surface area contributed by atoms with Gasteiger partial charge >= 0.3 is 0 Å². The lowest BCUT2D eigenvalue weighted by Gasteiger charge is -2.14. The Bertz CT molecular complexity index is 451. The van der Waals surface area contributed by atoms with E-state index in [-0.39, 0.29) is 18.2 Å². The van der Waals surface area contributed by atoms with Gasteiger partial charge in [0.05, 0.1) is 18.2 Å². The summed E-state index contributed by atoms with van der Waals surface area (Å²) in [4.78, 5) is 13.8. The summed E-state index contributed by atoms with van der Waals surface area (Å²) < 4.78 is 31.6. The van der Waals surface area contributed by atoms with Gasteiger partial charge in [0.1, 0.15) is 11.6 Å². The van der Waals surface area contributed by atoms with Crippen LogP contribution >= 0.6 is 0 Å². The molecule has 1 aliphatic heterocycles. The van der Waals surface area contributed by atoms with Gasteiger partial charge in [-0.1, -0.05) is 0 Å². The zero-order valence-corrected chi connectivity index (χ0v) is 10.2. The van der Waals surface area contributed by atoms with E-state index in [9.17, 15) is 13.6 Å². The van der Waals surface area contributed by atoms with Crippen LogP contribution in [0.3, 0.4) is 0 Å². The van der Waals surface area contributed by atoms with Gasteiger partial charge in [-0.25, -0.2) is 8.78 Å². The van der Waals surface area contributed by atoms with Crippen LogP contribution in [0.4, 0.5) is 8.78 Å². The number of rotatable bonds is 4. The molecule has 0 aliphatic carbocycles. The third kappa shape index (κ3) is 2.91. The molecule has 0 spiro atoms. The fourth-order valence-corrected chi connectivity index (χ4v) is 2.13. The molecule has 1 unspecified atom stereocenters. The van der Waals surface area contributed by atoms with Crippen LogP contribution in [0.1, 0.15) is 16.8 Å². The number of halogens is 2. The lowest BCUT2D eigenvalue weighted by molar-refractivity contribution is 0.0895. The van der Waals surface area contributed by atoms with Gasteiger partial charge in [-0.05, 0) is 24.6 Å². The monoisotopic (exact) mass is 255 g/mol. The third-order valence-corrected chi connectivity index (χ3v) is 3.16. The Balaban J connectivity index is 2.02. The van der Waals surface area contributed by atoms with Crippen LogP contribution in [0.2, 0.25) is 0 Å². The topological polar surface area (TPSA) is 29.5 Å². The van der Waals surface area contributed by atoms with Crippen molar-refractivity contribution < 1.29 is 18.3 Å². The van der Waals surface area contributed by atoms with Gasteiger partial charge in [-0.2, -0.15) is 0 Å². The molecule has 1 fully saturated rings. The number of likely N-dealkylation sites (tertiary alicyclic amines) is 1. The summed E-state index contributed by atoms with van der Waals surface area (Å²) in [7, 11) is 1.63. The first-order chi connectivity index (χ1) is 8.60. The molecule has 1 aromatic rings. The molecule has 0 radical (unpaired) electrons. The van der Waals surface area contributed by atoms with Gasteiger partial charge in [0.15, 0.2) is 5.78 Å². The zero-order valence-electron chi connectivity index (χ0n) is 10.2. The van der Waals surface area contributed by atoms with Crippen LogP contribution in [0.15, 0.2) is 18.2 Å². The lowest BCUT2D eigenvalue weighted by Crippen LogP contribution is -2.29. The van der Waals surface area contributed by atoms with E-state index in [1.54, 1.807) is 7.11 Å². The van der Waals surface area contributed by atoms with Crippen LogP contribution in [0.25, 0.3) is 0 Å². The third-order valence-electron chi connectivity index (χ3n) is 3.16. The number of carbonyl (C=O) groups excluding carboxylic acids is 1. The lowest BCUT2D eigenvalue weighted by atomic mass is 10.1. The minimum atomic E-state index is -0.677. The Labute approximate surface area is 104 Å². The Morgan fingerprint density at radius 2 is 2.28 bits per heavy atom. The van der Waals surface area contributed by atoms with Gasteiger partial charge in [-0.15, -0.1) is 0 Å². The quantitative estimate of drug-likeness (QED) is 0.769. The van der Waals surface area contributed by atoms with Crippen molar-refractivity contribution in [2.45, 2.75) is 12.5 Å². The van der Waals surface area contributed by atoms with Crippen molar-refractivity contribution in [2.24, 2.45) is 0 Å². The molecule has 1 saturated heterocycles. The maximum atomic E-state index is 13.4. The molecule has 1 heterocycles. The number of methoxy groups -OCH3 is 1. The SMILES string of the molecule is COC1CCN(CC(=O)c2cc(F)ccc2F)C1. The number of Topliss-reactive ketones (excluding diaryl/α,β-unsaturated/α-hetero) is 1. The minimum absolute atomic E-state index is 0.0975. The van der Waals surface area contributed by atoms with E-state index in [1.165, 1.54) is 0 Å². The van der Waals surface area contributed by atoms with Crippen molar-refractivity contribution >= 4 is 5.78 Å². The first-order valence-electron chi connectivity index (χ1n) is 5.83. The van der Waals surface area contributed by atoms with Crippen molar-refractivity contribution in [3.05, 3.63) is 35.4 Å². The fraction of sp³-hybridized carbons (Fsp3) is 0.462. The molecule has 0 saturated carbocycles. The van der Waals surface area contributed by atoms with E-state index < -0.39 is 17.4 Å². The molecule has 5 heteroatoms. The first-order valence-corrected chi connectivity index (χ1v) is 5.83. The molecule has 0 N–H and O–H groups in total. The highest BCUT2D eigenvalue weighted by atomic mass is 19.1. The van der Waals surface area contributed by atoms with E-state index in [4.69, 9.17) is 4.74 Å².